The average molecular weight is 410 g/mol. The zero-order valence-electron chi connectivity index (χ0n) is 15.1. The summed E-state index contributed by atoms with van der Waals surface area (Å²) in [6.07, 6.45) is 0. The lowest BCUT2D eigenvalue weighted by atomic mass is 10.1. The maximum atomic E-state index is 13.6. The number of nitrogens with zero attached hydrogens (tertiary/aromatic N) is 1. The smallest absolute Gasteiger partial charge is 0.255 e. The van der Waals surface area contributed by atoms with Crippen molar-refractivity contribution in [2.75, 3.05) is 16.0 Å². The Labute approximate surface area is 170 Å². The van der Waals surface area contributed by atoms with E-state index in [1.54, 1.807) is 29.2 Å². The molecule has 3 aromatic rings. The van der Waals surface area contributed by atoms with Gasteiger partial charge >= 0.3 is 0 Å². The highest BCUT2D eigenvalue weighted by atomic mass is 32.2. The zero-order valence-corrected chi connectivity index (χ0v) is 16.0. The van der Waals surface area contributed by atoms with Gasteiger partial charge in [-0.15, -0.1) is 11.8 Å². The van der Waals surface area contributed by atoms with E-state index in [9.17, 15) is 18.4 Å². The van der Waals surface area contributed by atoms with Crippen molar-refractivity contribution in [3.63, 3.8) is 0 Å². The normalized spacial score (nSPS) is 16.1. The summed E-state index contributed by atoms with van der Waals surface area (Å²) in [4.78, 5) is 26.2. The molecule has 4 nitrogen and oxygen atoms in total. The molecule has 29 heavy (non-hydrogen) atoms. The number of hydrogen-bond acceptors (Lipinski definition) is 3. The first-order valence-corrected chi connectivity index (χ1v) is 9.92. The molecular weight excluding hydrogens is 394 g/mol. The van der Waals surface area contributed by atoms with E-state index in [4.69, 9.17) is 0 Å². The standard InChI is InChI=1S/C22H16F2N2O2S/c23-16-4-1-3-15(11-16)21(28)25-18-9-7-14(8-10-18)22-26(20(27)13-29-22)19-6-2-5-17(24)12-19/h1-12,22H,13H2,(H,25,28)/t22-/m0/s1. The van der Waals surface area contributed by atoms with Crippen LogP contribution in [-0.4, -0.2) is 17.6 Å². The predicted octanol–water partition coefficient (Wildman–Crippen LogP) is 5.00. The van der Waals surface area contributed by atoms with Crippen LogP contribution in [0.5, 0.6) is 0 Å². The number of anilines is 2. The minimum absolute atomic E-state index is 0.0888. The van der Waals surface area contributed by atoms with Crippen LogP contribution in [0.25, 0.3) is 0 Å². The first-order valence-electron chi connectivity index (χ1n) is 8.87. The molecule has 0 radical (unpaired) electrons. The number of hydrogen-bond donors (Lipinski definition) is 1. The summed E-state index contributed by atoms with van der Waals surface area (Å²) >= 11 is 1.46. The predicted molar refractivity (Wildman–Crippen MR) is 110 cm³/mol. The minimum atomic E-state index is -0.478. The maximum Gasteiger partial charge on any atom is 0.255 e. The molecular formula is C22H16F2N2O2S. The second-order valence-corrected chi connectivity index (χ2v) is 7.56. The number of amides is 2. The second kappa shape index (κ2) is 8.05. The summed E-state index contributed by atoms with van der Waals surface area (Å²) < 4.78 is 26.9. The molecule has 7 heteroatoms. The molecule has 1 aliphatic heterocycles. The van der Waals surface area contributed by atoms with Crippen LogP contribution in [-0.2, 0) is 4.79 Å². The molecule has 1 N–H and O–H groups in total. The van der Waals surface area contributed by atoms with Crippen LogP contribution in [0, 0.1) is 11.6 Å². The Morgan fingerprint density at radius 1 is 0.966 bits per heavy atom. The van der Waals surface area contributed by atoms with E-state index in [1.807, 2.05) is 12.1 Å². The van der Waals surface area contributed by atoms with Gasteiger partial charge in [-0.3, -0.25) is 14.5 Å². The quantitative estimate of drug-likeness (QED) is 0.659. The first-order chi connectivity index (χ1) is 14.0. The van der Waals surface area contributed by atoms with Gasteiger partial charge in [-0.1, -0.05) is 24.3 Å². The Kier molecular flexibility index (Phi) is 5.31. The Bertz CT molecular complexity index is 1070. The Hall–Kier alpha value is -3.19. The van der Waals surface area contributed by atoms with E-state index < -0.39 is 17.5 Å². The highest BCUT2D eigenvalue weighted by Gasteiger charge is 2.34. The Morgan fingerprint density at radius 2 is 1.66 bits per heavy atom. The van der Waals surface area contributed by atoms with Gasteiger partial charge in [-0.25, -0.2) is 8.78 Å². The van der Waals surface area contributed by atoms with Gasteiger partial charge in [0, 0.05) is 16.9 Å². The fourth-order valence-electron chi connectivity index (χ4n) is 3.14. The van der Waals surface area contributed by atoms with E-state index in [2.05, 4.69) is 5.32 Å². The number of nitrogens with one attached hydrogen (secondary N) is 1. The van der Waals surface area contributed by atoms with Crippen molar-refractivity contribution in [3.8, 4) is 0 Å². The molecule has 1 saturated heterocycles. The van der Waals surface area contributed by atoms with Gasteiger partial charge in [-0.2, -0.15) is 0 Å². The van der Waals surface area contributed by atoms with Gasteiger partial charge in [0.05, 0.1) is 5.75 Å². The molecule has 0 saturated carbocycles. The van der Waals surface area contributed by atoms with Crippen LogP contribution < -0.4 is 10.2 Å². The Balaban J connectivity index is 1.52. The number of thioether (sulfide) groups is 1. The number of rotatable bonds is 4. The zero-order chi connectivity index (χ0) is 20.4. The highest BCUT2D eigenvalue weighted by Crippen LogP contribution is 2.42. The van der Waals surface area contributed by atoms with Crippen molar-refractivity contribution in [3.05, 3.63) is 95.6 Å². The average Bonchev–Trinajstić information content (AvgIpc) is 3.10. The van der Waals surface area contributed by atoms with Crippen molar-refractivity contribution in [1.82, 2.24) is 0 Å². The van der Waals surface area contributed by atoms with Crippen LogP contribution in [0.1, 0.15) is 21.3 Å². The minimum Gasteiger partial charge on any atom is -0.322 e. The molecule has 1 aliphatic rings. The number of benzene rings is 3. The maximum absolute atomic E-state index is 13.6. The summed E-state index contributed by atoms with van der Waals surface area (Å²) in [5.74, 6) is -1.08. The molecule has 0 spiro atoms. The molecule has 146 valence electrons. The first kappa shape index (κ1) is 19.1. The molecule has 1 heterocycles. The van der Waals surface area contributed by atoms with E-state index in [0.29, 0.717) is 17.1 Å². The van der Waals surface area contributed by atoms with Crippen molar-refractivity contribution >= 4 is 35.0 Å². The van der Waals surface area contributed by atoms with Crippen molar-refractivity contribution < 1.29 is 18.4 Å². The molecule has 1 fully saturated rings. The summed E-state index contributed by atoms with van der Waals surface area (Å²) in [5.41, 5.74) is 2.14. The molecule has 3 aromatic carbocycles. The summed E-state index contributed by atoms with van der Waals surface area (Å²) in [6.45, 7) is 0. The van der Waals surface area contributed by atoms with Crippen LogP contribution >= 0.6 is 11.8 Å². The van der Waals surface area contributed by atoms with Gasteiger partial charge in [0.25, 0.3) is 5.91 Å². The number of carbonyl (C=O) groups excluding carboxylic acids is 2. The SMILES string of the molecule is O=C(Nc1ccc([C@@H]2SCC(=O)N2c2cccc(F)c2)cc1)c1cccc(F)c1. The number of halogens is 2. The van der Waals surface area contributed by atoms with Crippen LogP contribution in [0.15, 0.2) is 72.8 Å². The Morgan fingerprint density at radius 3 is 2.34 bits per heavy atom. The number of carbonyl (C=O) groups is 2. The van der Waals surface area contributed by atoms with E-state index >= 15 is 0 Å². The highest BCUT2D eigenvalue weighted by molar-refractivity contribution is 8.00. The molecule has 4 rings (SSSR count). The van der Waals surface area contributed by atoms with Crippen molar-refractivity contribution in [2.45, 2.75) is 5.37 Å². The molecule has 0 unspecified atom stereocenters. The summed E-state index contributed by atoms with van der Waals surface area (Å²) in [6, 6.07) is 18.5. The van der Waals surface area contributed by atoms with Crippen LogP contribution in [0.4, 0.5) is 20.2 Å². The largest absolute Gasteiger partial charge is 0.322 e. The molecule has 1 atom stereocenters. The third-order valence-corrected chi connectivity index (χ3v) is 5.71. The summed E-state index contributed by atoms with van der Waals surface area (Å²) in [7, 11) is 0. The van der Waals surface area contributed by atoms with E-state index in [0.717, 1.165) is 5.56 Å². The third kappa shape index (κ3) is 4.14. The fraction of sp³-hybridized carbons (Fsp3) is 0.0909. The monoisotopic (exact) mass is 410 g/mol. The molecule has 2 amide bonds. The second-order valence-electron chi connectivity index (χ2n) is 6.49. The van der Waals surface area contributed by atoms with Gasteiger partial charge < -0.3 is 5.32 Å². The summed E-state index contributed by atoms with van der Waals surface area (Å²) in [5, 5.41) is 2.44. The third-order valence-electron chi connectivity index (χ3n) is 4.49. The lowest BCUT2D eigenvalue weighted by Gasteiger charge is -2.24. The van der Waals surface area contributed by atoms with Crippen LogP contribution in [0.2, 0.25) is 0 Å². The van der Waals surface area contributed by atoms with Gasteiger partial charge in [-0.05, 0) is 54.1 Å². The van der Waals surface area contributed by atoms with Crippen LogP contribution in [0.3, 0.4) is 0 Å². The molecule has 0 bridgehead atoms. The van der Waals surface area contributed by atoms with Crippen molar-refractivity contribution in [2.24, 2.45) is 0 Å². The van der Waals surface area contributed by atoms with E-state index in [-0.39, 0.29) is 16.8 Å². The van der Waals surface area contributed by atoms with Gasteiger partial charge in [0.2, 0.25) is 5.91 Å². The van der Waals surface area contributed by atoms with Crippen molar-refractivity contribution in [1.29, 1.82) is 0 Å². The topological polar surface area (TPSA) is 49.4 Å². The van der Waals surface area contributed by atoms with Gasteiger partial charge in [0.1, 0.15) is 17.0 Å². The fourth-order valence-corrected chi connectivity index (χ4v) is 4.32. The van der Waals surface area contributed by atoms with Gasteiger partial charge in [0.15, 0.2) is 0 Å². The lowest BCUT2D eigenvalue weighted by molar-refractivity contribution is -0.115. The van der Waals surface area contributed by atoms with E-state index in [1.165, 1.54) is 48.2 Å². The molecule has 0 aliphatic carbocycles. The molecule has 0 aromatic heterocycles. The lowest BCUT2D eigenvalue weighted by Crippen LogP contribution is -2.27.